The highest BCUT2D eigenvalue weighted by Crippen LogP contribution is 2.28. The number of allylic oxidation sites excluding steroid dienone is 2. The largest absolute Gasteiger partial charge is 0.497 e. The van der Waals surface area contributed by atoms with Gasteiger partial charge in [-0.2, -0.15) is 8.42 Å². The highest BCUT2D eigenvalue weighted by atomic mass is 32.2. The molecule has 1 aliphatic rings. The molecule has 0 aliphatic heterocycles. The lowest BCUT2D eigenvalue weighted by Crippen LogP contribution is -1.99. The Kier molecular flexibility index (Phi) is 8.68. The van der Waals surface area contributed by atoms with Crippen LogP contribution in [-0.2, 0) is 10.1 Å². The van der Waals surface area contributed by atoms with Gasteiger partial charge in [0.05, 0.1) is 24.8 Å². The van der Waals surface area contributed by atoms with E-state index in [1.54, 1.807) is 26.4 Å². The summed E-state index contributed by atoms with van der Waals surface area (Å²) in [7, 11) is -0.676. The van der Waals surface area contributed by atoms with E-state index in [-0.39, 0.29) is 4.90 Å². The third-order valence-corrected chi connectivity index (χ3v) is 6.41. The number of rotatable bonds is 6. The molecule has 0 fully saturated rings. The maximum absolute atomic E-state index is 10.5. The molecule has 0 amide bonds. The molecule has 0 unspecified atom stereocenters. The molecule has 184 valence electrons. The van der Waals surface area contributed by atoms with Gasteiger partial charge in [0, 0.05) is 17.1 Å². The van der Waals surface area contributed by atoms with Gasteiger partial charge in [0.25, 0.3) is 10.1 Å². The molecule has 1 aliphatic carbocycles. The Hall–Kier alpha value is -3.62. The number of hydrogen-bond donors (Lipinski definition) is 2. The summed E-state index contributed by atoms with van der Waals surface area (Å²) in [6.45, 7) is 3.97. The van der Waals surface area contributed by atoms with Crippen molar-refractivity contribution < 1.29 is 22.4 Å². The van der Waals surface area contributed by atoms with E-state index >= 15 is 0 Å². The Morgan fingerprint density at radius 2 is 1.34 bits per heavy atom. The molecule has 0 atom stereocenters. The van der Waals surface area contributed by atoms with Crippen molar-refractivity contribution in [2.75, 3.05) is 19.5 Å². The van der Waals surface area contributed by atoms with Gasteiger partial charge in [0.15, 0.2) is 0 Å². The number of nitrogens with zero attached hydrogens (tertiary/aromatic N) is 1. The molecule has 3 aromatic rings. The number of nitrogens with one attached hydrogen (secondary N) is 1. The lowest BCUT2D eigenvalue weighted by atomic mass is 10.2. The number of aliphatic imine (C=N–C) groups is 1. The van der Waals surface area contributed by atoms with E-state index in [0.29, 0.717) is 0 Å². The fourth-order valence-corrected chi connectivity index (χ4v) is 3.94. The summed E-state index contributed by atoms with van der Waals surface area (Å²) < 4.78 is 39.9. The second-order valence-corrected chi connectivity index (χ2v) is 9.42. The monoisotopic (exact) mass is 494 g/mol. The van der Waals surface area contributed by atoms with Crippen LogP contribution in [0.2, 0.25) is 0 Å². The summed E-state index contributed by atoms with van der Waals surface area (Å²) in [6, 6.07) is 21.8. The first kappa shape index (κ1) is 26.0. The topological polar surface area (TPSA) is 97.2 Å². The zero-order valence-electron chi connectivity index (χ0n) is 20.3. The van der Waals surface area contributed by atoms with Crippen LogP contribution in [0.1, 0.15) is 25.3 Å². The van der Waals surface area contributed by atoms with Crippen LogP contribution in [0.25, 0.3) is 0 Å². The van der Waals surface area contributed by atoms with E-state index in [2.05, 4.69) is 12.2 Å². The van der Waals surface area contributed by atoms with Crippen LogP contribution in [-0.4, -0.2) is 32.9 Å². The van der Waals surface area contributed by atoms with Crippen LogP contribution in [0.4, 0.5) is 11.4 Å². The molecular weight excluding hydrogens is 464 g/mol. The van der Waals surface area contributed by atoms with Crippen molar-refractivity contribution in [1.82, 2.24) is 0 Å². The predicted octanol–water partition coefficient (Wildman–Crippen LogP) is 6.20. The van der Waals surface area contributed by atoms with Crippen molar-refractivity contribution in [1.29, 1.82) is 0 Å². The highest BCUT2D eigenvalue weighted by molar-refractivity contribution is 7.85. The van der Waals surface area contributed by atoms with E-state index in [4.69, 9.17) is 19.0 Å². The van der Waals surface area contributed by atoms with Gasteiger partial charge in [-0.05, 0) is 92.9 Å². The molecule has 0 spiro atoms. The Bertz CT molecular complexity index is 1300. The van der Waals surface area contributed by atoms with Crippen molar-refractivity contribution in [3.63, 3.8) is 0 Å². The molecule has 4 rings (SSSR count). The third-order valence-electron chi connectivity index (χ3n) is 5.54. The quantitative estimate of drug-likeness (QED) is 0.396. The standard InChI is InChI=1S/C20H22N2O2.C7H8O3S/c1-14-19(21-15-4-8-17(23-2)9-5-15)12-13-20(14)22-16-6-10-18(24-3)11-7-16;1-6-2-4-7(5-3-6)11(8,9)10/h4-11,21H,12-13H2,1-3H3;2-5H,1H3,(H,8,9,10)/b22-20+;. The zero-order valence-corrected chi connectivity index (χ0v) is 21.1. The first-order valence-corrected chi connectivity index (χ1v) is 12.5. The van der Waals surface area contributed by atoms with Gasteiger partial charge in [-0.25, -0.2) is 0 Å². The van der Waals surface area contributed by atoms with Gasteiger partial charge in [0.1, 0.15) is 11.5 Å². The maximum atomic E-state index is 10.5. The number of anilines is 1. The molecule has 0 heterocycles. The fraction of sp³-hybridized carbons (Fsp3) is 0.222. The van der Waals surface area contributed by atoms with Gasteiger partial charge >= 0.3 is 0 Å². The van der Waals surface area contributed by atoms with Gasteiger partial charge in [-0.3, -0.25) is 9.55 Å². The van der Waals surface area contributed by atoms with Gasteiger partial charge in [-0.15, -0.1) is 0 Å². The van der Waals surface area contributed by atoms with Gasteiger partial charge in [-0.1, -0.05) is 17.7 Å². The smallest absolute Gasteiger partial charge is 0.294 e. The Balaban J connectivity index is 0.000000261. The SMILES string of the molecule is COc1ccc(/N=C2\CCC(Nc3ccc(OC)cc3)=C2C)cc1.Cc1ccc(S(=O)(=O)O)cc1. The number of benzene rings is 3. The predicted molar refractivity (Wildman–Crippen MR) is 140 cm³/mol. The van der Waals surface area contributed by atoms with Crippen LogP contribution in [0, 0.1) is 6.92 Å². The average Bonchev–Trinajstić information content (AvgIpc) is 3.19. The van der Waals surface area contributed by atoms with E-state index in [1.807, 2.05) is 55.5 Å². The minimum absolute atomic E-state index is 0.0666. The van der Waals surface area contributed by atoms with Crippen molar-refractivity contribution in [2.24, 2.45) is 4.99 Å². The van der Waals surface area contributed by atoms with Crippen LogP contribution >= 0.6 is 0 Å². The van der Waals surface area contributed by atoms with Crippen molar-refractivity contribution >= 4 is 27.2 Å². The molecule has 8 heteroatoms. The summed E-state index contributed by atoms with van der Waals surface area (Å²) >= 11 is 0. The molecule has 35 heavy (non-hydrogen) atoms. The second kappa shape index (κ2) is 11.7. The zero-order chi connectivity index (χ0) is 25.4. The summed E-state index contributed by atoms with van der Waals surface area (Å²) in [5.74, 6) is 1.71. The number of aryl methyl sites for hydroxylation is 1. The molecule has 0 radical (unpaired) electrons. The highest BCUT2D eigenvalue weighted by Gasteiger charge is 2.18. The van der Waals surface area contributed by atoms with Crippen LogP contribution < -0.4 is 14.8 Å². The van der Waals surface area contributed by atoms with Gasteiger partial charge in [0.2, 0.25) is 0 Å². The molecule has 3 aromatic carbocycles. The molecule has 0 bridgehead atoms. The fourth-order valence-electron chi connectivity index (χ4n) is 3.46. The Morgan fingerprint density at radius 3 is 1.86 bits per heavy atom. The van der Waals surface area contributed by atoms with Crippen molar-refractivity contribution in [2.45, 2.75) is 31.6 Å². The van der Waals surface area contributed by atoms with Gasteiger partial charge < -0.3 is 14.8 Å². The Labute approximate surface area is 206 Å². The number of ether oxygens (including phenoxy) is 2. The summed E-state index contributed by atoms with van der Waals surface area (Å²) in [5.41, 5.74) is 6.56. The summed E-state index contributed by atoms with van der Waals surface area (Å²) in [5, 5.41) is 3.50. The molecule has 0 aromatic heterocycles. The molecule has 7 nitrogen and oxygen atoms in total. The van der Waals surface area contributed by atoms with E-state index in [0.717, 1.165) is 47.0 Å². The first-order valence-electron chi connectivity index (χ1n) is 11.1. The van der Waals surface area contributed by atoms with Crippen LogP contribution in [0.15, 0.2) is 94.0 Å². The van der Waals surface area contributed by atoms with Crippen molar-refractivity contribution in [3.8, 4) is 11.5 Å². The molecule has 0 saturated carbocycles. The van der Waals surface area contributed by atoms with Crippen LogP contribution in [0.3, 0.4) is 0 Å². The first-order chi connectivity index (χ1) is 16.7. The lowest BCUT2D eigenvalue weighted by Gasteiger charge is -2.09. The van der Waals surface area contributed by atoms with E-state index in [1.165, 1.54) is 23.4 Å². The molecular formula is C27H30N2O5S. The second-order valence-electron chi connectivity index (χ2n) is 8.00. The molecule has 0 saturated heterocycles. The third kappa shape index (κ3) is 7.43. The average molecular weight is 495 g/mol. The maximum Gasteiger partial charge on any atom is 0.294 e. The van der Waals surface area contributed by atoms with Crippen molar-refractivity contribution in [3.05, 3.63) is 89.6 Å². The van der Waals surface area contributed by atoms with E-state index in [9.17, 15) is 8.42 Å². The minimum atomic E-state index is -4.02. The van der Waals surface area contributed by atoms with Crippen LogP contribution in [0.5, 0.6) is 11.5 Å². The lowest BCUT2D eigenvalue weighted by molar-refractivity contribution is 0.415. The Morgan fingerprint density at radius 1 is 0.800 bits per heavy atom. The number of hydrogen-bond acceptors (Lipinski definition) is 6. The molecule has 2 N–H and O–H groups in total. The summed E-state index contributed by atoms with van der Waals surface area (Å²) in [4.78, 5) is 4.71. The normalized spacial score (nSPS) is 14.4. The summed E-state index contributed by atoms with van der Waals surface area (Å²) in [6.07, 6.45) is 1.93. The minimum Gasteiger partial charge on any atom is -0.497 e. The van der Waals surface area contributed by atoms with E-state index < -0.39 is 10.1 Å². The number of methoxy groups -OCH3 is 2.